The van der Waals surface area contributed by atoms with E-state index in [0.717, 1.165) is 4.57 Å². The van der Waals surface area contributed by atoms with E-state index in [1.807, 2.05) is 0 Å². The highest BCUT2D eigenvalue weighted by molar-refractivity contribution is 6.17. The number of hydrogen-bond donors (Lipinski definition) is 0. The van der Waals surface area contributed by atoms with Gasteiger partial charge in [-0.25, -0.2) is 0 Å². The highest BCUT2D eigenvalue weighted by Crippen LogP contribution is 2.42. The molecule has 3 aromatic heterocycles. The fourth-order valence-corrected chi connectivity index (χ4v) is 7.76. The molecule has 12 aromatic rings. The third-order valence-corrected chi connectivity index (χ3v) is 10.2. The van der Waals surface area contributed by atoms with Crippen LogP contribution in [0.1, 0.15) is 27.4 Å². The first kappa shape index (κ1) is 17.9. The minimum Gasteiger partial charge on any atom is -0.309 e. The van der Waals surface area contributed by atoms with Crippen LogP contribution in [0.15, 0.2) is 212 Å². The minimum atomic E-state index is -0.833. The van der Waals surface area contributed by atoms with Gasteiger partial charge in [-0.1, -0.05) is 133 Å². The monoisotopic (exact) mass is 745 g/mol. The van der Waals surface area contributed by atoms with Gasteiger partial charge in [0.25, 0.3) is 0 Å². The van der Waals surface area contributed by atoms with Gasteiger partial charge in [-0.3, -0.25) is 0 Å². The second kappa shape index (κ2) is 12.5. The van der Waals surface area contributed by atoms with E-state index in [4.69, 9.17) is 9.60 Å². The summed E-state index contributed by atoms with van der Waals surface area (Å²) in [7, 11) is 0. The van der Waals surface area contributed by atoms with Crippen LogP contribution in [0, 0.1) is 0 Å². The molecule has 0 saturated heterocycles. The third kappa shape index (κ3) is 4.79. The standard InChI is InChI=1S/C54H35N3/c1-4-15-36(16-5-1)42-23-14-26-52-54(42)47-34-38(28-32-51(47)55(52)39-17-6-2-7-18-39)37-27-31-50-46(33-37)44-22-11-13-25-49(44)57(50)41-29-30-45-43-21-10-12-24-48(43)56(53(45)35-41)40-19-8-3-9-20-40/h1-35H/i10D,11D,12D,13D,14D,21D,22D,23D,24D,25D,26D,27D,28D,29D,30D,31D,32D,33D,34D,35D. The van der Waals surface area contributed by atoms with Gasteiger partial charge < -0.3 is 13.7 Å². The predicted molar refractivity (Wildman–Crippen MR) is 240 cm³/mol. The zero-order chi connectivity index (χ0) is 54.9. The maximum atomic E-state index is 10.1. The molecule has 0 aliphatic heterocycles. The van der Waals surface area contributed by atoms with E-state index in [1.54, 1.807) is 91.0 Å². The highest BCUT2D eigenvalue weighted by atomic mass is 15.0. The summed E-state index contributed by atoms with van der Waals surface area (Å²) in [6, 6.07) is 12.3. The van der Waals surface area contributed by atoms with Crippen LogP contribution in [0.3, 0.4) is 0 Å². The average Bonchev–Trinajstić information content (AvgIpc) is 4.33. The quantitative estimate of drug-likeness (QED) is 0.167. The number of rotatable bonds is 5. The molecule has 12 rings (SSSR count). The molecule has 0 unspecified atom stereocenters. The highest BCUT2D eigenvalue weighted by Gasteiger charge is 2.19. The second-order valence-electron chi connectivity index (χ2n) is 13.4. The van der Waals surface area contributed by atoms with Gasteiger partial charge in [0.05, 0.1) is 60.5 Å². The van der Waals surface area contributed by atoms with E-state index in [9.17, 15) is 17.8 Å². The van der Waals surface area contributed by atoms with Crippen molar-refractivity contribution in [3.8, 4) is 39.3 Å². The summed E-state index contributed by atoms with van der Waals surface area (Å²) < 4.78 is 192. The average molecular weight is 746 g/mol. The fraction of sp³-hybridized carbons (Fsp3) is 0. The van der Waals surface area contributed by atoms with Crippen molar-refractivity contribution in [1.82, 2.24) is 13.7 Å². The summed E-state index contributed by atoms with van der Waals surface area (Å²) in [4.78, 5) is 0. The Hall–Kier alpha value is -7.62. The number of aromatic nitrogens is 3. The molecule has 0 atom stereocenters. The molecule has 266 valence electrons. The molecule has 0 fully saturated rings. The van der Waals surface area contributed by atoms with Crippen molar-refractivity contribution in [2.24, 2.45) is 0 Å². The maximum Gasteiger partial charge on any atom is 0.0667 e. The minimum absolute atomic E-state index is 0.0325. The zero-order valence-electron chi connectivity index (χ0n) is 49.5. The number of fused-ring (bicyclic) bond motifs is 9. The summed E-state index contributed by atoms with van der Waals surface area (Å²) in [5, 5.41) is -1.23. The molecular weight excluding hydrogens is 691 g/mol. The summed E-state index contributed by atoms with van der Waals surface area (Å²) >= 11 is 0. The Labute approximate surface area is 357 Å². The molecule has 57 heavy (non-hydrogen) atoms. The molecule has 0 radical (unpaired) electrons. The Morgan fingerprint density at radius 2 is 0.789 bits per heavy atom. The van der Waals surface area contributed by atoms with Crippen LogP contribution < -0.4 is 0 Å². The molecule has 0 saturated carbocycles. The summed E-state index contributed by atoms with van der Waals surface area (Å²) in [6.07, 6.45) is 0. The number of benzene rings is 9. The largest absolute Gasteiger partial charge is 0.309 e. The van der Waals surface area contributed by atoms with Crippen LogP contribution in [0.25, 0.3) is 105 Å². The molecule has 0 bridgehead atoms. The Morgan fingerprint density at radius 3 is 1.46 bits per heavy atom. The number of para-hydroxylation sites is 4. The van der Waals surface area contributed by atoms with Crippen LogP contribution >= 0.6 is 0 Å². The first-order valence-electron chi connectivity index (χ1n) is 28.0. The topological polar surface area (TPSA) is 14.8 Å². The molecule has 3 nitrogen and oxygen atoms in total. The lowest BCUT2D eigenvalue weighted by atomic mass is 9.97. The zero-order valence-corrected chi connectivity index (χ0v) is 29.5. The summed E-state index contributed by atoms with van der Waals surface area (Å²) in [5.41, 5.74) is -1.75. The molecule has 0 amide bonds. The van der Waals surface area contributed by atoms with E-state index in [1.165, 1.54) is 9.13 Å². The third-order valence-electron chi connectivity index (χ3n) is 10.2. The maximum absolute atomic E-state index is 10.1. The van der Waals surface area contributed by atoms with E-state index in [0.29, 0.717) is 11.3 Å². The van der Waals surface area contributed by atoms with Crippen molar-refractivity contribution in [3.05, 3.63) is 212 Å². The van der Waals surface area contributed by atoms with Gasteiger partial charge in [0.15, 0.2) is 0 Å². The van der Waals surface area contributed by atoms with E-state index < -0.39 is 153 Å². The van der Waals surface area contributed by atoms with E-state index >= 15 is 0 Å². The van der Waals surface area contributed by atoms with Crippen molar-refractivity contribution in [2.75, 3.05) is 0 Å². The molecule has 9 aromatic carbocycles. The molecular formula is C54H35N3. The van der Waals surface area contributed by atoms with Crippen molar-refractivity contribution in [2.45, 2.75) is 0 Å². The van der Waals surface area contributed by atoms with Crippen LogP contribution in [0.5, 0.6) is 0 Å². The van der Waals surface area contributed by atoms with Crippen LogP contribution in [-0.4, -0.2) is 13.7 Å². The lowest BCUT2D eigenvalue weighted by Gasteiger charge is -2.11. The van der Waals surface area contributed by atoms with Crippen LogP contribution in [0.4, 0.5) is 0 Å². The molecule has 0 N–H and O–H groups in total. The smallest absolute Gasteiger partial charge is 0.0667 e. The number of hydrogen-bond acceptors (Lipinski definition) is 0. The van der Waals surface area contributed by atoms with Gasteiger partial charge in [-0.05, 0) is 101 Å². The lowest BCUT2D eigenvalue weighted by Crippen LogP contribution is -1.96. The van der Waals surface area contributed by atoms with Gasteiger partial charge in [0, 0.05) is 49.4 Å². The lowest BCUT2D eigenvalue weighted by molar-refractivity contribution is 1.15. The predicted octanol–water partition coefficient (Wildman–Crippen LogP) is 14.3. The van der Waals surface area contributed by atoms with Crippen LogP contribution in [-0.2, 0) is 0 Å². The van der Waals surface area contributed by atoms with Crippen molar-refractivity contribution in [3.63, 3.8) is 0 Å². The number of nitrogens with zero attached hydrogens (tertiary/aromatic N) is 3. The van der Waals surface area contributed by atoms with Crippen molar-refractivity contribution < 1.29 is 27.4 Å². The van der Waals surface area contributed by atoms with Crippen LogP contribution in [0.2, 0.25) is 0 Å². The molecule has 0 aliphatic carbocycles. The molecule has 3 heterocycles. The molecule has 0 spiro atoms. The van der Waals surface area contributed by atoms with Gasteiger partial charge in [-0.15, -0.1) is 0 Å². The second-order valence-corrected chi connectivity index (χ2v) is 13.4. The van der Waals surface area contributed by atoms with Gasteiger partial charge in [0.2, 0.25) is 0 Å². The summed E-state index contributed by atoms with van der Waals surface area (Å²) in [5.74, 6) is 0. The Balaban J connectivity index is 1.28. The first-order chi connectivity index (χ1) is 36.7. The molecule has 3 heteroatoms. The Bertz CT molecular complexity index is 4660. The van der Waals surface area contributed by atoms with Gasteiger partial charge in [0.1, 0.15) is 0 Å². The normalized spacial score (nSPS) is 16.8. The van der Waals surface area contributed by atoms with E-state index in [2.05, 4.69) is 0 Å². The van der Waals surface area contributed by atoms with Gasteiger partial charge >= 0.3 is 0 Å². The Morgan fingerprint density at radius 1 is 0.298 bits per heavy atom. The SMILES string of the molecule is [2H]c1c([2H])c([2H])c2c(c1[2H])c1c([2H])c([2H])c(-n3c4c([2H])c([2H])c([2H])c([2H])c4c4c([2H])c(-c5c([2H])c([2H])c6c(c5[2H])c5c(-c7ccccc7)c([2H])c([2H])c([2H])c5n6-c5ccccc5)c([2H])c([2H])c43)c([2H])c1n2-c1ccccc1. The van der Waals surface area contributed by atoms with Crippen molar-refractivity contribution >= 4 is 65.4 Å². The van der Waals surface area contributed by atoms with E-state index in [-0.39, 0.29) is 60.9 Å². The van der Waals surface area contributed by atoms with Gasteiger partial charge in [-0.2, -0.15) is 0 Å². The first-order valence-corrected chi connectivity index (χ1v) is 18.0. The Kier molecular flexibility index (Phi) is 3.91. The fourth-order valence-electron chi connectivity index (χ4n) is 7.76. The van der Waals surface area contributed by atoms with Crippen molar-refractivity contribution in [1.29, 1.82) is 0 Å². The molecule has 0 aliphatic rings. The summed E-state index contributed by atoms with van der Waals surface area (Å²) in [6.45, 7) is 0.